The molecule has 0 saturated carbocycles. The van der Waals surface area contributed by atoms with Crippen molar-refractivity contribution in [2.75, 3.05) is 7.11 Å². The molecular weight excluding hydrogens is 194 g/mol. The lowest BCUT2D eigenvalue weighted by atomic mass is 10.2. The molecule has 4 heteroatoms. The van der Waals surface area contributed by atoms with Gasteiger partial charge >= 0.3 is 5.97 Å². The SMILES string of the molecule is C=CC(=O)Oc1c(C#N)cccc1OC. The predicted molar refractivity (Wildman–Crippen MR) is 53.5 cm³/mol. The Bertz CT molecular complexity index is 432. The van der Waals surface area contributed by atoms with Crippen molar-refractivity contribution in [1.82, 2.24) is 0 Å². The minimum atomic E-state index is -0.629. The molecule has 0 atom stereocenters. The number of ether oxygens (including phenoxy) is 2. The van der Waals surface area contributed by atoms with Gasteiger partial charge in [-0.3, -0.25) is 0 Å². The maximum atomic E-state index is 11.0. The third-order valence-corrected chi connectivity index (χ3v) is 1.69. The molecule has 1 aromatic rings. The molecule has 0 aromatic heterocycles. The van der Waals surface area contributed by atoms with Gasteiger partial charge in [0.25, 0.3) is 0 Å². The van der Waals surface area contributed by atoms with Crippen molar-refractivity contribution in [2.45, 2.75) is 0 Å². The summed E-state index contributed by atoms with van der Waals surface area (Å²) in [6.45, 7) is 3.27. The third kappa shape index (κ3) is 2.35. The first-order valence-electron chi connectivity index (χ1n) is 4.14. The van der Waals surface area contributed by atoms with Crippen LogP contribution in [0.5, 0.6) is 11.5 Å². The number of nitrogens with zero attached hydrogens (tertiary/aromatic N) is 1. The van der Waals surface area contributed by atoms with Crippen LogP contribution in [0.25, 0.3) is 0 Å². The van der Waals surface area contributed by atoms with Gasteiger partial charge < -0.3 is 9.47 Å². The summed E-state index contributed by atoms with van der Waals surface area (Å²) in [6.07, 6.45) is 1.02. The number of carbonyl (C=O) groups is 1. The van der Waals surface area contributed by atoms with E-state index in [0.29, 0.717) is 5.75 Å². The number of hydrogen-bond donors (Lipinski definition) is 0. The van der Waals surface area contributed by atoms with Gasteiger partial charge in [-0.1, -0.05) is 12.6 Å². The van der Waals surface area contributed by atoms with E-state index in [2.05, 4.69) is 6.58 Å². The number of nitriles is 1. The van der Waals surface area contributed by atoms with Crippen LogP contribution in [-0.4, -0.2) is 13.1 Å². The van der Waals surface area contributed by atoms with Crippen molar-refractivity contribution in [3.63, 3.8) is 0 Å². The number of esters is 1. The summed E-state index contributed by atoms with van der Waals surface area (Å²) < 4.78 is 9.87. The summed E-state index contributed by atoms with van der Waals surface area (Å²) in [5, 5.41) is 8.80. The maximum absolute atomic E-state index is 11.0. The fourth-order valence-electron chi connectivity index (χ4n) is 1.01. The molecule has 15 heavy (non-hydrogen) atoms. The monoisotopic (exact) mass is 203 g/mol. The normalized spacial score (nSPS) is 8.80. The molecule has 0 amide bonds. The Labute approximate surface area is 87.3 Å². The molecule has 0 radical (unpaired) electrons. The van der Waals surface area contributed by atoms with E-state index in [1.807, 2.05) is 6.07 Å². The lowest BCUT2D eigenvalue weighted by Crippen LogP contribution is -2.05. The van der Waals surface area contributed by atoms with Crippen LogP contribution in [0.2, 0.25) is 0 Å². The first kappa shape index (κ1) is 10.8. The zero-order valence-electron chi connectivity index (χ0n) is 8.19. The zero-order chi connectivity index (χ0) is 11.3. The van der Waals surface area contributed by atoms with Gasteiger partial charge in [-0.25, -0.2) is 4.79 Å². The standard InChI is InChI=1S/C11H9NO3/c1-3-10(13)15-11-8(7-12)5-4-6-9(11)14-2/h3-6H,1H2,2H3. The second kappa shape index (κ2) is 4.82. The van der Waals surface area contributed by atoms with Crippen LogP contribution >= 0.6 is 0 Å². The van der Waals surface area contributed by atoms with Crippen LogP contribution in [-0.2, 0) is 4.79 Å². The molecule has 1 aromatic carbocycles. The summed E-state index contributed by atoms with van der Waals surface area (Å²) >= 11 is 0. The molecule has 0 bridgehead atoms. The van der Waals surface area contributed by atoms with Crippen LogP contribution in [0.1, 0.15) is 5.56 Å². The molecule has 1 rings (SSSR count). The second-order valence-corrected chi connectivity index (χ2v) is 2.57. The van der Waals surface area contributed by atoms with E-state index in [1.54, 1.807) is 12.1 Å². The summed E-state index contributed by atoms with van der Waals surface area (Å²) in [5.41, 5.74) is 0.240. The highest BCUT2D eigenvalue weighted by atomic mass is 16.6. The van der Waals surface area contributed by atoms with Crippen LogP contribution < -0.4 is 9.47 Å². The van der Waals surface area contributed by atoms with Crippen LogP contribution in [0.4, 0.5) is 0 Å². The number of carbonyl (C=O) groups excluding carboxylic acids is 1. The van der Waals surface area contributed by atoms with Gasteiger partial charge in [0.1, 0.15) is 6.07 Å². The quantitative estimate of drug-likeness (QED) is 0.426. The average molecular weight is 203 g/mol. The Morgan fingerprint density at radius 2 is 2.33 bits per heavy atom. The zero-order valence-corrected chi connectivity index (χ0v) is 8.19. The fraction of sp³-hybridized carbons (Fsp3) is 0.0909. The van der Waals surface area contributed by atoms with Crippen molar-refractivity contribution in [1.29, 1.82) is 5.26 Å². The smallest absolute Gasteiger partial charge is 0.335 e. The van der Waals surface area contributed by atoms with E-state index in [-0.39, 0.29) is 11.3 Å². The summed E-state index contributed by atoms with van der Waals surface area (Å²) in [7, 11) is 1.43. The van der Waals surface area contributed by atoms with E-state index in [4.69, 9.17) is 14.7 Å². The van der Waals surface area contributed by atoms with Crippen LogP contribution in [0, 0.1) is 11.3 Å². The number of rotatable bonds is 3. The van der Waals surface area contributed by atoms with Crippen molar-refractivity contribution < 1.29 is 14.3 Å². The van der Waals surface area contributed by atoms with E-state index in [0.717, 1.165) is 6.08 Å². The highest BCUT2D eigenvalue weighted by Crippen LogP contribution is 2.30. The molecular formula is C11H9NO3. The number of benzene rings is 1. The Balaban J connectivity index is 3.17. The molecule has 76 valence electrons. The lowest BCUT2D eigenvalue weighted by molar-refractivity contribution is -0.129. The number of methoxy groups -OCH3 is 1. The van der Waals surface area contributed by atoms with Crippen molar-refractivity contribution in [2.24, 2.45) is 0 Å². The second-order valence-electron chi connectivity index (χ2n) is 2.57. The minimum absolute atomic E-state index is 0.118. The first-order chi connectivity index (χ1) is 7.22. The average Bonchev–Trinajstić information content (AvgIpc) is 2.29. The Morgan fingerprint density at radius 3 is 2.87 bits per heavy atom. The van der Waals surface area contributed by atoms with Gasteiger partial charge in [-0.15, -0.1) is 0 Å². The molecule has 0 aliphatic carbocycles. The Morgan fingerprint density at radius 1 is 1.60 bits per heavy atom. The molecule has 0 aliphatic heterocycles. The molecule has 0 saturated heterocycles. The van der Waals surface area contributed by atoms with Crippen molar-refractivity contribution in [3.8, 4) is 17.6 Å². The number of para-hydroxylation sites is 1. The lowest BCUT2D eigenvalue weighted by Gasteiger charge is -2.08. The third-order valence-electron chi connectivity index (χ3n) is 1.69. The van der Waals surface area contributed by atoms with Crippen molar-refractivity contribution in [3.05, 3.63) is 36.4 Å². The molecule has 0 heterocycles. The fourth-order valence-corrected chi connectivity index (χ4v) is 1.01. The summed E-state index contributed by atoms with van der Waals surface area (Å²) in [4.78, 5) is 11.0. The van der Waals surface area contributed by atoms with Crippen molar-refractivity contribution >= 4 is 5.97 Å². The topological polar surface area (TPSA) is 59.3 Å². The molecule has 4 nitrogen and oxygen atoms in total. The van der Waals surface area contributed by atoms with Gasteiger partial charge in [0.2, 0.25) is 0 Å². The Hall–Kier alpha value is -2.28. The van der Waals surface area contributed by atoms with Crippen LogP contribution in [0.3, 0.4) is 0 Å². The summed E-state index contributed by atoms with van der Waals surface area (Å²) in [6, 6.07) is 6.69. The van der Waals surface area contributed by atoms with E-state index >= 15 is 0 Å². The largest absolute Gasteiger partial charge is 0.493 e. The first-order valence-corrected chi connectivity index (χ1v) is 4.14. The molecule has 0 unspecified atom stereocenters. The minimum Gasteiger partial charge on any atom is -0.493 e. The molecule has 0 fully saturated rings. The van der Waals surface area contributed by atoms with Gasteiger partial charge in [0, 0.05) is 6.08 Å². The predicted octanol–water partition coefficient (Wildman–Crippen LogP) is 1.66. The highest BCUT2D eigenvalue weighted by Gasteiger charge is 2.12. The molecule has 0 spiro atoms. The van der Waals surface area contributed by atoms with Gasteiger partial charge in [0.15, 0.2) is 11.5 Å². The summed E-state index contributed by atoms with van der Waals surface area (Å²) in [5.74, 6) is -0.173. The van der Waals surface area contributed by atoms with Gasteiger partial charge in [-0.2, -0.15) is 5.26 Å². The Kier molecular flexibility index (Phi) is 3.47. The highest BCUT2D eigenvalue weighted by molar-refractivity contribution is 5.84. The van der Waals surface area contributed by atoms with E-state index < -0.39 is 5.97 Å². The molecule has 0 aliphatic rings. The number of hydrogen-bond acceptors (Lipinski definition) is 4. The van der Waals surface area contributed by atoms with Gasteiger partial charge in [-0.05, 0) is 12.1 Å². The van der Waals surface area contributed by atoms with Gasteiger partial charge in [0.05, 0.1) is 12.7 Å². The van der Waals surface area contributed by atoms with Crippen LogP contribution in [0.15, 0.2) is 30.9 Å². The molecule has 0 N–H and O–H groups in total. The van der Waals surface area contributed by atoms with E-state index in [1.165, 1.54) is 13.2 Å². The van der Waals surface area contributed by atoms with E-state index in [9.17, 15) is 4.79 Å². The maximum Gasteiger partial charge on any atom is 0.335 e.